The van der Waals surface area contributed by atoms with E-state index >= 15 is 0 Å². The van der Waals surface area contributed by atoms with Crippen LogP contribution in [-0.4, -0.2) is 35.2 Å². The van der Waals surface area contributed by atoms with Crippen LogP contribution in [0.15, 0.2) is 54.0 Å². The van der Waals surface area contributed by atoms with E-state index in [1.54, 1.807) is 6.20 Å². The number of pyridine rings is 1. The fraction of sp³-hybridized carbons (Fsp3) is 0.286. The minimum Gasteiger partial charge on any atom is -0.491 e. The van der Waals surface area contributed by atoms with Gasteiger partial charge in [0.25, 0.3) is 0 Å². The maximum absolute atomic E-state index is 12.4. The maximum atomic E-state index is 12.4. The molecule has 0 bridgehead atoms. The number of benzene rings is 1. The Hall–Kier alpha value is -2.77. The van der Waals surface area contributed by atoms with E-state index in [-0.39, 0.29) is 18.4 Å². The van der Waals surface area contributed by atoms with E-state index in [1.807, 2.05) is 47.8 Å². The number of nitrogens with one attached hydrogen (secondary N) is 1. The van der Waals surface area contributed by atoms with Crippen LogP contribution in [0.2, 0.25) is 0 Å². The van der Waals surface area contributed by atoms with Crippen molar-refractivity contribution in [1.82, 2.24) is 9.97 Å². The lowest BCUT2D eigenvalue weighted by molar-refractivity contribution is -0.115. The zero-order valence-electron chi connectivity index (χ0n) is 15.3. The Morgan fingerprint density at radius 2 is 2.25 bits per heavy atom. The quantitative estimate of drug-likeness (QED) is 0.656. The number of hydrogen-bond donors (Lipinski definition) is 1. The lowest BCUT2D eigenvalue weighted by Gasteiger charge is -2.12. The molecule has 1 unspecified atom stereocenters. The van der Waals surface area contributed by atoms with Crippen molar-refractivity contribution in [2.24, 2.45) is 0 Å². The molecule has 28 heavy (non-hydrogen) atoms. The summed E-state index contributed by atoms with van der Waals surface area (Å²) in [6.45, 7) is 1.34. The molecule has 1 aliphatic heterocycles. The van der Waals surface area contributed by atoms with E-state index < -0.39 is 0 Å². The first kappa shape index (κ1) is 18.6. The van der Waals surface area contributed by atoms with E-state index in [9.17, 15) is 4.79 Å². The Kier molecular flexibility index (Phi) is 5.94. The highest BCUT2D eigenvalue weighted by molar-refractivity contribution is 7.13. The first-order valence-electron chi connectivity index (χ1n) is 9.26. The average Bonchev–Trinajstić information content (AvgIpc) is 3.39. The van der Waals surface area contributed by atoms with Crippen molar-refractivity contribution in [3.05, 3.63) is 59.7 Å². The first-order valence-corrected chi connectivity index (χ1v) is 10.1. The van der Waals surface area contributed by atoms with Crippen LogP contribution in [0.25, 0.3) is 10.7 Å². The third kappa shape index (κ3) is 4.94. The van der Waals surface area contributed by atoms with Gasteiger partial charge >= 0.3 is 0 Å². The molecule has 6 nitrogen and oxygen atoms in total. The summed E-state index contributed by atoms with van der Waals surface area (Å²) in [5, 5.41) is 5.61. The Labute approximate surface area is 167 Å². The Morgan fingerprint density at radius 1 is 1.29 bits per heavy atom. The number of hydrogen-bond acceptors (Lipinski definition) is 6. The third-order valence-corrected chi connectivity index (χ3v) is 5.27. The maximum Gasteiger partial charge on any atom is 0.230 e. The molecule has 1 atom stereocenters. The fourth-order valence-corrected chi connectivity index (χ4v) is 3.79. The van der Waals surface area contributed by atoms with Crippen LogP contribution in [0.5, 0.6) is 5.75 Å². The van der Waals surface area contributed by atoms with Crippen molar-refractivity contribution in [3.63, 3.8) is 0 Å². The topological polar surface area (TPSA) is 73.3 Å². The van der Waals surface area contributed by atoms with Gasteiger partial charge in [-0.2, -0.15) is 0 Å². The summed E-state index contributed by atoms with van der Waals surface area (Å²) < 4.78 is 11.4. The van der Waals surface area contributed by atoms with Crippen LogP contribution >= 0.6 is 11.3 Å². The molecule has 2 aromatic heterocycles. The summed E-state index contributed by atoms with van der Waals surface area (Å²) in [7, 11) is 0. The zero-order valence-corrected chi connectivity index (χ0v) is 16.2. The summed E-state index contributed by atoms with van der Waals surface area (Å²) in [4.78, 5) is 21.2. The number of nitrogens with zero attached hydrogens (tertiary/aromatic N) is 2. The zero-order chi connectivity index (χ0) is 19.2. The largest absolute Gasteiger partial charge is 0.491 e. The molecule has 0 saturated carbocycles. The van der Waals surface area contributed by atoms with Crippen LogP contribution in [0.3, 0.4) is 0 Å². The van der Waals surface area contributed by atoms with Gasteiger partial charge in [0.1, 0.15) is 17.4 Å². The monoisotopic (exact) mass is 395 g/mol. The molecule has 1 amide bonds. The number of aromatic nitrogens is 2. The van der Waals surface area contributed by atoms with Gasteiger partial charge in [0.15, 0.2) is 0 Å². The Morgan fingerprint density at radius 3 is 3.07 bits per heavy atom. The van der Waals surface area contributed by atoms with Crippen molar-refractivity contribution >= 4 is 22.9 Å². The second kappa shape index (κ2) is 8.95. The highest BCUT2D eigenvalue weighted by atomic mass is 32.1. The van der Waals surface area contributed by atoms with Crippen LogP contribution in [0, 0.1) is 0 Å². The molecule has 3 aromatic rings. The number of ether oxygens (including phenoxy) is 2. The molecule has 1 aromatic carbocycles. The van der Waals surface area contributed by atoms with E-state index in [0.29, 0.717) is 12.3 Å². The summed E-state index contributed by atoms with van der Waals surface area (Å²) >= 11 is 1.49. The van der Waals surface area contributed by atoms with Gasteiger partial charge in [-0.05, 0) is 37.1 Å². The van der Waals surface area contributed by atoms with Crippen molar-refractivity contribution in [1.29, 1.82) is 0 Å². The van der Waals surface area contributed by atoms with Crippen molar-refractivity contribution in [2.75, 3.05) is 18.5 Å². The van der Waals surface area contributed by atoms with E-state index in [2.05, 4.69) is 15.3 Å². The lowest BCUT2D eigenvalue weighted by Crippen LogP contribution is -2.17. The summed E-state index contributed by atoms with van der Waals surface area (Å²) in [6.07, 6.45) is 4.23. The molecule has 1 aliphatic rings. The molecule has 0 radical (unpaired) electrons. The Balaban J connectivity index is 1.32. The highest BCUT2D eigenvalue weighted by Crippen LogP contribution is 2.23. The van der Waals surface area contributed by atoms with Gasteiger partial charge in [-0.3, -0.25) is 9.78 Å². The predicted molar refractivity (Wildman–Crippen MR) is 109 cm³/mol. The number of carbonyl (C=O) groups is 1. The average molecular weight is 395 g/mol. The van der Waals surface area contributed by atoms with Gasteiger partial charge in [-0.25, -0.2) is 4.98 Å². The molecule has 1 saturated heterocycles. The molecular formula is C21H21N3O3S. The number of amides is 1. The minimum absolute atomic E-state index is 0.117. The van der Waals surface area contributed by atoms with Crippen LogP contribution in [0.1, 0.15) is 18.5 Å². The van der Waals surface area contributed by atoms with Gasteiger partial charge in [-0.15, -0.1) is 11.3 Å². The summed E-state index contributed by atoms with van der Waals surface area (Å²) in [5.74, 6) is 0.605. The number of carbonyl (C=O) groups excluding carboxylic acids is 1. The van der Waals surface area contributed by atoms with Crippen LogP contribution < -0.4 is 10.1 Å². The van der Waals surface area contributed by atoms with Gasteiger partial charge in [-0.1, -0.05) is 12.1 Å². The molecular weight excluding hydrogens is 374 g/mol. The molecule has 1 fully saturated rings. The van der Waals surface area contributed by atoms with Gasteiger partial charge in [0, 0.05) is 29.9 Å². The predicted octanol–water partition coefficient (Wildman–Crippen LogP) is 3.94. The number of thiazole rings is 1. The highest BCUT2D eigenvalue weighted by Gasteiger charge is 2.16. The number of rotatable bonds is 7. The number of anilines is 1. The molecule has 7 heteroatoms. The summed E-state index contributed by atoms with van der Waals surface area (Å²) in [6, 6.07) is 13.1. The summed E-state index contributed by atoms with van der Waals surface area (Å²) in [5.41, 5.74) is 2.25. The standard InChI is InChI=1S/C21H21N3O3S/c25-20(12-16-14-28-21(24-16)19-8-1-2-9-22-19)23-15-5-3-6-17(11-15)27-13-18-7-4-10-26-18/h1-3,5-6,8-9,11,14,18H,4,7,10,12-13H2,(H,23,25). The Bertz CT molecular complexity index is 923. The van der Waals surface area contributed by atoms with Crippen molar-refractivity contribution < 1.29 is 14.3 Å². The third-order valence-electron chi connectivity index (χ3n) is 4.36. The molecule has 4 rings (SSSR count). The van der Waals surface area contributed by atoms with Crippen LogP contribution in [0.4, 0.5) is 5.69 Å². The molecule has 3 heterocycles. The van der Waals surface area contributed by atoms with Crippen LogP contribution in [-0.2, 0) is 16.0 Å². The molecule has 0 spiro atoms. The van der Waals surface area contributed by atoms with Gasteiger partial charge in [0.2, 0.25) is 5.91 Å². The van der Waals surface area contributed by atoms with E-state index in [4.69, 9.17) is 9.47 Å². The van der Waals surface area contributed by atoms with Gasteiger partial charge < -0.3 is 14.8 Å². The van der Waals surface area contributed by atoms with Crippen molar-refractivity contribution in [3.8, 4) is 16.5 Å². The smallest absolute Gasteiger partial charge is 0.230 e. The van der Waals surface area contributed by atoms with E-state index in [0.717, 1.165) is 41.6 Å². The lowest BCUT2D eigenvalue weighted by atomic mass is 10.2. The van der Waals surface area contributed by atoms with E-state index in [1.165, 1.54) is 11.3 Å². The molecule has 144 valence electrons. The molecule has 0 aliphatic carbocycles. The second-order valence-electron chi connectivity index (χ2n) is 6.56. The second-order valence-corrected chi connectivity index (χ2v) is 7.42. The minimum atomic E-state index is -0.117. The van der Waals surface area contributed by atoms with Crippen molar-refractivity contribution in [2.45, 2.75) is 25.4 Å². The normalized spacial score (nSPS) is 16.1. The van der Waals surface area contributed by atoms with Gasteiger partial charge in [0.05, 0.1) is 23.9 Å². The SMILES string of the molecule is O=C(Cc1csc(-c2ccccn2)n1)Nc1cccc(OCC2CCCO2)c1. The fourth-order valence-electron chi connectivity index (χ4n) is 2.99. The first-order chi connectivity index (χ1) is 13.8. The molecule has 1 N–H and O–H groups in total.